The first kappa shape index (κ1) is 14.0. The fourth-order valence-electron chi connectivity index (χ4n) is 2.84. The fraction of sp³-hybridized carbons (Fsp3) is 0.333. The Morgan fingerprint density at radius 2 is 2.00 bits per heavy atom. The molecular formula is C18H21NO2. The van der Waals surface area contributed by atoms with Crippen LogP contribution in [0.15, 0.2) is 48.5 Å². The van der Waals surface area contributed by atoms with Crippen LogP contribution in [0.1, 0.15) is 30.0 Å². The van der Waals surface area contributed by atoms with Gasteiger partial charge in [0.15, 0.2) is 0 Å². The first-order valence-corrected chi connectivity index (χ1v) is 7.40. The number of fused-ring (bicyclic) bond motifs is 1. The van der Waals surface area contributed by atoms with Crippen LogP contribution in [0, 0.1) is 0 Å². The van der Waals surface area contributed by atoms with E-state index in [-0.39, 0.29) is 12.1 Å². The van der Waals surface area contributed by atoms with Gasteiger partial charge in [0.05, 0.1) is 7.11 Å². The molecule has 2 N–H and O–H groups in total. The van der Waals surface area contributed by atoms with E-state index >= 15 is 0 Å². The van der Waals surface area contributed by atoms with Crippen molar-refractivity contribution in [2.75, 3.05) is 7.11 Å². The van der Waals surface area contributed by atoms with Crippen molar-refractivity contribution in [2.45, 2.75) is 31.4 Å². The number of ether oxygens (including phenoxy) is 2. The van der Waals surface area contributed by atoms with Gasteiger partial charge in [-0.15, -0.1) is 0 Å². The van der Waals surface area contributed by atoms with Crippen LogP contribution in [0.2, 0.25) is 0 Å². The molecular weight excluding hydrogens is 262 g/mol. The largest absolute Gasteiger partial charge is 0.497 e. The van der Waals surface area contributed by atoms with E-state index in [0.717, 1.165) is 36.3 Å². The normalized spacial score (nSPS) is 20.5. The number of methoxy groups -OCH3 is 1. The van der Waals surface area contributed by atoms with Gasteiger partial charge in [-0.25, -0.2) is 0 Å². The molecule has 1 heterocycles. The third kappa shape index (κ3) is 3.19. The van der Waals surface area contributed by atoms with Crippen molar-refractivity contribution >= 4 is 0 Å². The van der Waals surface area contributed by atoms with Gasteiger partial charge in [-0.05, 0) is 24.5 Å². The number of hydrogen-bond donors (Lipinski definition) is 1. The minimum absolute atomic E-state index is 0.0421. The van der Waals surface area contributed by atoms with E-state index in [1.54, 1.807) is 7.11 Å². The average Bonchev–Trinajstić information content (AvgIpc) is 2.53. The van der Waals surface area contributed by atoms with Crippen molar-refractivity contribution in [3.8, 4) is 11.5 Å². The van der Waals surface area contributed by atoms with E-state index in [1.165, 1.54) is 5.56 Å². The maximum atomic E-state index is 6.28. The molecule has 3 nitrogen and oxygen atoms in total. The highest BCUT2D eigenvalue weighted by atomic mass is 16.5. The van der Waals surface area contributed by atoms with Crippen molar-refractivity contribution in [1.29, 1.82) is 0 Å². The van der Waals surface area contributed by atoms with Crippen LogP contribution in [0.25, 0.3) is 0 Å². The number of nitrogens with two attached hydrogens (primary N) is 1. The fourth-order valence-corrected chi connectivity index (χ4v) is 2.84. The Morgan fingerprint density at radius 1 is 1.19 bits per heavy atom. The predicted octanol–water partition coefficient (Wildman–Crippen LogP) is 3.48. The number of aryl methyl sites for hydroxylation is 1. The first-order valence-electron chi connectivity index (χ1n) is 7.40. The molecule has 1 aliphatic rings. The topological polar surface area (TPSA) is 44.5 Å². The van der Waals surface area contributed by atoms with E-state index < -0.39 is 0 Å². The Labute approximate surface area is 125 Å². The third-order valence-electron chi connectivity index (χ3n) is 4.03. The van der Waals surface area contributed by atoms with Gasteiger partial charge in [0.2, 0.25) is 0 Å². The molecule has 2 aromatic rings. The number of hydrogen-bond acceptors (Lipinski definition) is 3. The second kappa shape index (κ2) is 6.19. The van der Waals surface area contributed by atoms with E-state index in [0.29, 0.717) is 0 Å². The first-order chi connectivity index (χ1) is 10.3. The zero-order valence-corrected chi connectivity index (χ0v) is 12.3. The molecule has 1 aliphatic heterocycles. The van der Waals surface area contributed by atoms with E-state index in [1.807, 2.05) is 24.3 Å². The van der Waals surface area contributed by atoms with Crippen LogP contribution in [0.4, 0.5) is 0 Å². The average molecular weight is 283 g/mol. The zero-order chi connectivity index (χ0) is 14.7. The molecule has 3 rings (SSSR count). The van der Waals surface area contributed by atoms with Gasteiger partial charge in [-0.3, -0.25) is 0 Å². The summed E-state index contributed by atoms with van der Waals surface area (Å²) in [7, 11) is 1.66. The van der Waals surface area contributed by atoms with Gasteiger partial charge < -0.3 is 15.2 Å². The molecule has 1 unspecified atom stereocenters. The summed E-state index contributed by atoms with van der Waals surface area (Å²) in [5.74, 6) is 1.68. The molecule has 0 bridgehead atoms. The summed E-state index contributed by atoms with van der Waals surface area (Å²) in [6, 6.07) is 16.4. The molecule has 3 heteroatoms. The highest BCUT2D eigenvalue weighted by Crippen LogP contribution is 2.36. The summed E-state index contributed by atoms with van der Waals surface area (Å²) in [4.78, 5) is 0. The Bertz CT molecular complexity index is 597. The quantitative estimate of drug-likeness (QED) is 0.934. The summed E-state index contributed by atoms with van der Waals surface area (Å²) < 4.78 is 11.4. The van der Waals surface area contributed by atoms with Crippen LogP contribution in [0.3, 0.4) is 0 Å². The van der Waals surface area contributed by atoms with Crippen LogP contribution in [0.5, 0.6) is 11.5 Å². The maximum Gasteiger partial charge on any atom is 0.128 e. The van der Waals surface area contributed by atoms with Crippen molar-refractivity contribution < 1.29 is 9.47 Å². The number of rotatable bonds is 4. The molecule has 0 saturated heterocycles. The second-order valence-electron chi connectivity index (χ2n) is 5.51. The lowest BCUT2D eigenvalue weighted by Gasteiger charge is -2.30. The molecule has 0 radical (unpaired) electrons. The van der Waals surface area contributed by atoms with Crippen LogP contribution < -0.4 is 15.2 Å². The van der Waals surface area contributed by atoms with Crippen molar-refractivity contribution in [3.63, 3.8) is 0 Å². The van der Waals surface area contributed by atoms with Crippen LogP contribution in [-0.4, -0.2) is 13.2 Å². The summed E-state index contributed by atoms with van der Waals surface area (Å²) in [5.41, 5.74) is 8.69. The SMILES string of the molecule is COc1ccc2c(c1)OC(CCc1ccccc1)C[C@H]2N. The Balaban J connectivity index is 1.69. The molecule has 2 aromatic carbocycles. The van der Waals surface area contributed by atoms with E-state index in [9.17, 15) is 0 Å². The van der Waals surface area contributed by atoms with Gasteiger partial charge in [0.25, 0.3) is 0 Å². The van der Waals surface area contributed by atoms with E-state index in [2.05, 4.69) is 24.3 Å². The van der Waals surface area contributed by atoms with E-state index in [4.69, 9.17) is 15.2 Å². The summed E-state index contributed by atoms with van der Waals surface area (Å²) in [6.45, 7) is 0. The smallest absolute Gasteiger partial charge is 0.128 e. The van der Waals surface area contributed by atoms with Gasteiger partial charge in [-0.2, -0.15) is 0 Å². The van der Waals surface area contributed by atoms with Gasteiger partial charge in [0.1, 0.15) is 17.6 Å². The van der Waals surface area contributed by atoms with Crippen LogP contribution >= 0.6 is 0 Å². The Hall–Kier alpha value is -2.00. The molecule has 0 fully saturated rings. The van der Waals surface area contributed by atoms with Gasteiger partial charge in [0, 0.05) is 24.1 Å². The van der Waals surface area contributed by atoms with Crippen molar-refractivity contribution in [3.05, 3.63) is 59.7 Å². The molecule has 0 aromatic heterocycles. The summed E-state index contributed by atoms with van der Waals surface area (Å²) in [6.07, 6.45) is 3.03. The third-order valence-corrected chi connectivity index (χ3v) is 4.03. The van der Waals surface area contributed by atoms with Crippen molar-refractivity contribution in [1.82, 2.24) is 0 Å². The molecule has 0 amide bonds. The predicted molar refractivity (Wildman–Crippen MR) is 83.7 cm³/mol. The van der Waals surface area contributed by atoms with Crippen molar-refractivity contribution in [2.24, 2.45) is 5.73 Å². The minimum Gasteiger partial charge on any atom is -0.497 e. The number of benzene rings is 2. The second-order valence-corrected chi connectivity index (χ2v) is 5.51. The summed E-state index contributed by atoms with van der Waals surface area (Å²) >= 11 is 0. The molecule has 0 spiro atoms. The highest BCUT2D eigenvalue weighted by Gasteiger charge is 2.26. The molecule has 0 aliphatic carbocycles. The van der Waals surface area contributed by atoms with Gasteiger partial charge >= 0.3 is 0 Å². The Kier molecular flexibility index (Phi) is 4.11. The summed E-state index contributed by atoms with van der Waals surface area (Å²) in [5, 5.41) is 0. The molecule has 110 valence electrons. The molecule has 2 atom stereocenters. The molecule has 0 saturated carbocycles. The molecule has 21 heavy (non-hydrogen) atoms. The zero-order valence-electron chi connectivity index (χ0n) is 12.3. The van der Waals surface area contributed by atoms with Crippen LogP contribution in [-0.2, 0) is 6.42 Å². The highest BCUT2D eigenvalue weighted by molar-refractivity contribution is 5.43. The standard InChI is InChI=1S/C18H21NO2/c1-20-14-9-10-16-17(19)11-15(21-18(16)12-14)8-7-13-5-3-2-4-6-13/h2-6,9-10,12,15,17H,7-8,11,19H2,1H3/t15?,17-/m1/s1. The lowest BCUT2D eigenvalue weighted by Crippen LogP contribution is -2.29. The maximum absolute atomic E-state index is 6.28. The minimum atomic E-state index is 0.0421. The Morgan fingerprint density at radius 3 is 2.76 bits per heavy atom. The van der Waals surface area contributed by atoms with Gasteiger partial charge in [-0.1, -0.05) is 36.4 Å². The monoisotopic (exact) mass is 283 g/mol. The lowest BCUT2D eigenvalue weighted by atomic mass is 9.94. The lowest BCUT2D eigenvalue weighted by molar-refractivity contribution is 0.150.